The number of amides is 2. The van der Waals surface area contributed by atoms with Gasteiger partial charge in [0.2, 0.25) is 0 Å². The molecule has 4 aromatic heterocycles. The minimum Gasteiger partial charge on any atom is -0.457 e. The number of urea groups is 1. The Kier molecular flexibility index (Phi) is 6.23. The van der Waals surface area contributed by atoms with Crippen molar-refractivity contribution < 1.29 is 9.53 Å². The summed E-state index contributed by atoms with van der Waals surface area (Å²) in [5.41, 5.74) is 5.84. The fourth-order valence-corrected chi connectivity index (χ4v) is 4.16. The van der Waals surface area contributed by atoms with E-state index in [2.05, 4.69) is 56.6 Å². The van der Waals surface area contributed by atoms with Crippen molar-refractivity contribution in [2.45, 2.75) is 26.3 Å². The van der Waals surface area contributed by atoms with Gasteiger partial charge in [-0.05, 0) is 63.2 Å². The first-order chi connectivity index (χ1) is 19.3. The lowest BCUT2D eigenvalue weighted by molar-refractivity contribution is 0.262. The molecule has 0 bridgehead atoms. The molecule has 11 heteroatoms. The number of carbonyl (C=O) groups is 1. The molecule has 6 rings (SSSR count). The average Bonchev–Trinajstić information content (AvgIpc) is 3.70. The number of fused-ring (bicyclic) bond motifs is 1. The van der Waals surface area contributed by atoms with Gasteiger partial charge in [0, 0.05) is 41.5 Å². The Morgan fingerprint density at radius 3 is 2.58 bits per heavy atom. The van der Waals surface area contributed by atoms with Crippen LogP contribution in [-0.2, 0) is 5.54 Å². The van der Waals surface area contributed by atoms with Crippen LogP contribution in [0.3, 0.4) is 0 Å². The molecule has 0 saturated carbocycles. The second-order valence-electron chi connectivity index (χ2n) is 10.2. The van der Waals surface area contributed by atoms with Gasteiger partial charge in [-0.15, -0.1) is 0 Å². The molecule has 4 heterocycles. The molecule has 0 aliphatic rings. The largest absolute Gasteiger partial charge is 0.457 e. The minimum absolute atomic E-state index is 0.271. The highest BCUT2D eigenvalue weighted by Crippen LogP contribution is 2.31. The SMILES string of the molecule is CC(C)(C)n1cc(NC(=O)Nc2ccc(Oc3ccnc(-c4cn[nH]c4)c3)cc2)c(-c2ccc3nc[nH]c3c2)n1. The molecule has 0 atom stereocenters. The summed E-state index contributed by atoms with van der Waals surface area (Å²) in [6.45, 7) is 6.17. The van der Waals surface area contributed by atoms with E-state index >= 15 is 0 Å². The smallest absolute Gasteiger partial charge is 0.323 e. The van der Waals surface area contributed by atoms with E-state index in [-0.39, 0.29) is 11.6 Å². The van der Waals surface area contributed by atoms with E-state index in [0.717, 1.165) is 27.9 Å². The highest BCUT2D eigenvalue weighted by Gasteiger charge is 2.21. The molecule has 2 aromatic carbocycles. The third-order valence-corrected chi connectivity index (χ3v) is 6.22. The summed E-state index contributed by atoms with van der Waals surface area (Å²) in [5, 5.41) is 17.4. The van der Waals surface area contributed by atoms with E-state index < -0.39 is 0 Å². The van der Waals surface area contributed by atoms with Gasteiger partial charge >= 0.3 is 6.03 Å². The van der Waals surface area contributed by atoms with Crippen LogP contribution in [0.1, 0.15) is 20.8 Å². The third-order valence-electron chi connectivity index (χ3n) is 6.22. The van der Waals surface area contributed by atoms with Crippen LogP contribution in [0.5, 0.6) is 11.5 Å². The summed E-state index contributed by atoms with van der Waals surface area (Å²) >= 11 is 0. The van der Waals surface area contributed by atoms with Gasteiger partial charge in [0.25, 0.3) is 0 Å². The van der Waals surface area contributed by atoms with Crippen LogP contribution in [0.4, 0.5) is 16.2 Å². The van der Waals surface area contributed by atoms with E-state index in [1.165, 1.54) is 0 Å². The molecule has 0 aliphatic carbocycles. The molecule has 40 heavy (non-hydrogen) atoms. The number of benzene rings is 2. The minimum atomic E-state index is -0.384. The van der Waals surface area contributed by atoms with Gasteiger partial charge < -0.3 is 20.4 Å². The number of H-pyrrole nitrogens is 2. The number of carbonyl (C=O) groups excluding carboxylic acids is 1. The number of ether oxygens (including phenoxy) is 1. The van der Waals surface area contributed by atoms with Crippen molar-refractivity contribution >= 4 is 28.4 Å². The van der Waals surface area contributed by atoms with E-state index in [1.54, 1.807) is 55.2 Å². The molecular formula is C29H27N9O2. The van der Waals surface area contributed by atoms with Gasteiger partial charge in [-0.3, -0.25) is 14.8 Å². The van der Waals surface area contributed by atoms with Crippen molar-refractivity contribution in [2.75, 3.05) is 10.6 Å². The fraction of sp³-hybridized carbons (Fsp3) is 0.138. The standard InChI is InChI=1S/C29H27N9O2/c1-29(2,3)38-16-26(27(37-38)18-4-9-23-25(12-18)32-17-31-23)36-28(39)35-20-5-7-21(8-6-20)40-22-10-11-30-24(13-22)19-14-33-34-15-19/h4-17H,1-3H3,(H,31,32)(H,33,34)(H2,35,36,39). The van der Waals surface area contributed by atoms with Crippen molar-refractivity contribution in [1.82, 2.24) is 34.9 Å². The van der Waals surface area contributed by atoms with Crippen LogP contribution >= 0.6 is 0 Å². The summed E-state index contributed by atoms with van der Waals surface area (Å²) in [7, 11) is 0. The average molecular weight is 534 g/mol. The van der Waals surface area contributed by atoms with E-state index in [9.17, 15) is 4.79 Å². The predicted molar refractivity (Wildman–Crippen MR) is 153 cm³/mol. The number of nitrogens with zero attached hydrogens (tertiary/aromatic N) is 5. The molecule has 0 fully saturated rings. The van der Waals surface area contributed by atoms with Gasteiger partial charge in [-0.1, -0.05) is 6.07 Å². The number of hydrogen-bond acceptors (Lipinski definition) is 6. The maximum absolute atomic E-state index is 13.0. The molecular weight excluding hydrogens is 506 g/mol. The molecule has 6 aromatic rings. The van der Waals surface area contributed by atoms with Crippen LogP contribution in [0.2, 0.25) is 0 Å². The first-order valence-corrected chi connectivity index (χ1v) is 12.7. The molecule has 4 N–H and O–H groups in total. The first kappa shape index (κ1) is 24.9. The number of rotatable bonds is 6. The van der Waals surface area contributed by atoms with Crippen molar-refractivity contribution in [3.8, 4) is 34.0 Å². The second-order valence-corrected chi connectivity index (χ2v) is 10.2. The summed E-state index contributed by atoms with van der Waals surface area (Å²) in [5.74, 6) is 1.26. The van der Waals surface area contributed by atoms with Gasteiger partial charge in [-0.2, -0.15) is 10.2 Å². The number of imidazole rings is 1. The van der Waals surface area contributed by atoms with Crippen molar-refractivity contribution in [1.29, 1.82) is 0 Å². The van der Waals surface area contributed by atoms with Crippen LogP contribution in [0, 0.1) is 0 Å². The van der Waals surface area contributed by atoms with Crippen LogP contribution in [-0.4, -0.2) is 41.0 Å². The Balaban J connectivity index is 1.16. The monoisotopic (exact) mass is 533 g/mol. The lowest BCUT2D eigenvalue weighted by Gasteiger charge is -2.18. The van der Waals surface area contributed by atoms with E-state index in [1.807, 2.05) is 35.1 Å². The van der Waals surface area contributed by atoms with Crippen molar-refractivity contribution in [3.63, 3.8) is 0 Å². The van der Waals surface area contributed by atoms with E-state index in [4.69, 9.17) is 9.84 Å². The number of aromatic amines is 2. The second kappa shape index (κ2) is 10.0. The molecule has 2 amide bonds. The Bertz CT molecular complexity index is 1780. The number of aromatic nitrogens is 7. The Labute approximate surface area is 229 Å². The summed E-state index contributed by atoms with van der Waals surface area (Å²) in [6, 6.07) is 16.2. The number of nitrogens with one attached hydrogen (secondary N) is 4. The molecule has 0 aliphatic heterocycles. The lowest BCUT2D eigenvalue weighted by atomic mass is 10.1. The Morgan fingerprint density at radius 1 is 0.950 bits per heavy atom. The maximum atomic E-state index is 13.0. The van der Waals surface area contributed by atoms with Crippen molar-refractivity contribution in [3.05, 3.63) is 85.7 Å². The van der Waals surface area contributed by atoms with Crippen LogP contribution in [0.15, 0.2) is 85.7 Å². The zero-order valence-corrected chi connectivity index (χ0v) is 22.1. The summed E-state index contributed by atoms with van der Waals surface area (Å²) in [4.78, 5) is 24.8. The van der Waals surface area contributed by atoms with Gasteiger partial charge in [0.15, 0.2) is 0 Å². The van der Waals surface area contributed by atoms with E-state index in [0.29, 0.717) is 28.6 Å². The first-order valence-electron chi connectivity index (χ1n) is 12.7. The molecule has 0 radical (unpaired) electrons. The Hall–Kier alpha value is -5.45. The molecule has 200 valence electrons. The normalized spacial score (nSPS) is 11.5. The maximum Gasteiger partial charge on any atom is 0.323 e. The number of pyridine rings is 1. The molecule has 0 spiro atoms. The van der Waals surface area contributed by atoms with Gasteiger partial charge in [-0.25, -0.2) is 9.78 Å². The topological polar surface area (TPSA) is 138 Å². The van der Waals surface area contributed by atoms with Crippen LogP contribution < -0.4 is 15.4 Å². The zero-order valence-electron chi connectivity index (χ0n) is 22.1. The predicted octanol–water partition coefficient (Wildman–Crippen LogP) is 6.40. The molecule has 0 unspecified atom stereocenters. The van der Waals surface area contributed by atoms with Gasteiger partial charge in [0.05, 0.1) is 40.5 Å². The summed E-state index contributed by atoms with van der Waals surface area (Å²) < 4.78 is 7.83. The quantitative estimate of drug-likeness (QED) is 0.195. The summed E-state index contributed by atoms with van der Waals surface area (Å²) in [6.07, 6.45) is 8.65. The zero-order chi connectivity index (χ0) is 27.7. The lowest BCUT2D eigenvalue weighted by Crippen LogP contribution is -2.22. The van der Waals surface area contributed by atoms with Gasteiger partial charge in [0.1, 0.15) is 17.2 Å². The number of anilines is 2. The molecule has 11 nitrogen and oxygen atoms in total. The highest BCUT2D eigenvalue weighted by molar-refractivity contribution is 6.02. The van der Waals surface area contributed by atoms with Crippen LogP contribution in [0.25, 0.3) is 33.5 Å². The molecule has 0 saturated heterocycles. The third kappa shape index (κ3) is 5.25. The number of hydrogen-bond donors (Lipinski definition) is 4. The van der Waals surface area contributed by atoms with Crippen molar-refractivity contribution in [2.24, 2.45) is 0 Å². The Morgan fingerprint density at radius 2 is 1.80 bits per heavy atom. The highest BCUT2D eigenvalue weighted by atomic mass is 16.5. The fourth-order valence-electron chi connectivity index (χ4n) is 4.16.